The topological polar surface area (TPSA) is 79.8 Å². The molecule has 0 aliphatic heterocycles. The molecular weight excluding hydrogens is 367 g/mol. The number of esters is 1. The van der Waals surface area contributed by atoms with E-state index in [1.54, 1.807) is 18.2 Å². The first-order valence-electron chi connectivity index (χ1n) is 8.17. The molecule has 0 saturated heterocycles. The molecular formula is C20H17FN2O5. The van der Waals surface area contributed by atoms with E-state index in [4.69, 9.17) is 18.9 Å². The molecule has 0 aliphatic rings. The Morgan fingerprint density at radius 1 is 0.857 bits per heavy atom. The molecule has 28 heavy (non-hydrogen) atoms. The van der Waals surface area contributed by atoms with Gasteiger partial charge in [0, 0.05) is 11.6 Å². The maximum atomic E-state index is 13.0. The molecule has 0 saturated carbocycles. The third-order valence-corrected chi connectivity index (χ3v) is 3.88. The van der Waals surface area contributed by atoms with Gasteiger partial charge >= 0.3 is 5.97 Å². The van der Waals surface area contributed by atoms with Crippen molar-refractivity contribution in [3.63, 3.8) is 0 Å². The molecule has 0 amide bonds. The summed E-state index contributed by atoms with van der Waals surface area (Å²) in [6, 6.07) is 11.9. The maximum Gasteiger partial charge on any atom is 0.345 e. The fraction of sp³-hybridized carbons (Fsp3) is 0.150. The molecule has 1 aromatic heterocycles. The normalized spacial score (nSPS) is 10.3. The summed E-state index contributed by atoms with van der Waals surface area (Å²) in [5.41, 5.74) is 1.41. The maximum absolute atomic E-state index is 13.0. The van der Waals surface area contributed by atoms with E-state index in [2.05, 4.69) is 10.2 Å². The molecule has 0 bridgehead atoms. The van der Waals surface area contributed by atoms with Crippen LogP contribution in [0.15, 0.2) is 48.5 Å². The van der Waals surface area contributed by atoms with Gasteiger partial charge < -0.3 is 18.9 Å². The Hall–Kier alpha value is -3.68. The standard InChI is InChI=1S/C20H17FN2O5/c1-25-16-10-13(11-17(26-2)19(16)27-3)20(24)28-18-9-8-15(22-23-18)12-4-6-14(21)7-5-12/h4-11H,1-3H3. The summed E-state index contributed by atoms with van der Waals surface area (Å²) in [4.78, 5) is 12.5. The Morgan fingerprint density at radius 3 is 2.00 bits per heavy atom. The summed E-state index contributed by atoms with van der Waals surface area (Å²) in [6.07, 6.45) is 0. The van der Waals surface area contributed by atoms with Gasteiger partial charge in [0.05, 0.1) is 32.6 Å². The summed E-state index contributed by atoms with van der Waals surface area (Å²) >= 11 is 0. The Balaban J connectivity index is 1.80. The molecule has 0 unspecified atom stereocenters. The highest BCUT2D eigenvalue weighted by Crippen LogP contribution is 2.38. The lowest BCUT2D eigenvalue weighted by Crippen LogP contribution is -2.11. The molecule has 144 valence electrons. The van der Waals surface area contributed by atoms with Crippen LogP contribution in [0.2, 0.25) is 0 Å². The number of hydrogen-bond acceptors (Lipinski definition) is 7. The van der Waals surface area contributed by atoms with Gasteiger partial charge in [-0.3, -0.25) is 0 Å². The molecule has 8 heteroatoms. The van der Waals surface area contributed by atoms with Crippen LogP contribution >= 0.6 is 0 Å². The minimum absolute atomic E-state index is 0.0182. The third kappa shape index (κ3) is 4.01. The van der Waals surface area contributed by atoms with Gasteiger partial charge in [0.25, 0.3) is 0 Å². The fourth-order valence-electron chi connectivity index (χ4n) is 2.50. The van der Waals surface area contributed by atoms with Crippen LogP contribution in [0.4, 0.5) is 4.39 Å². The molecule has 0 atom stereocenters. The first-order chi connectivity index (χ1) is 13.5. The monoisotopic (exact) mass is 384 g/mol. The molecule has 2 aromatic carbocycles. The van der Waals surface area contributed by atoms with Crippen LogP contribution in [0.1, 0.15) is 10.4 Å². The summed E-state index contributed by atoms with van der Waals surface area (Å²) in [5.74, 6) is 0.0309. The second-order valence-corrected chi connectivity index (χ2v) is 5.57. The van der Waals surface area contributed by atoms with Crippen LogP contribution in [0.5, 0.6) is 23.1 Å². The number of carbonyl (C=O) groups excluding carboxylic acids is 1. The molecule has 7 nitrogen and oxygen atoms in total. The van der Waals surface area contributed by atoms with Crippen molar-refractivity contribution in [1.29, 1.82) is 0 Å². The second-order valence-electron chi connectivity index (χ2n) is 5.57. The number of aromatic nitrogens is 2. The van der Waals surface area contributed by atoms with Crippen molar-refractivity contribution in [3.05, 3.63) is 59.9 Å². The van der Waals surface area contributed by atoms with Crippen LogP contribution in [-0.4, -0.2) is 37.5 Å². The predicted molar refractivity (Wildman–Crippen MR) is 98.5 cm³/mol. The summed E-state index contributed by atoms with van der Waals surface area (Å²) in [6.45, 7) is 0. The minimum atomic E-state index is -0.664. The zero-order chi connectivity index (χ0) is 20.1. The molecule has 0 N–H and O–H groups in total. The van der Waals surface area contributed by atoms with E-state index in [9.17, 15) is 9.18 Å². The van der Waals surface area contributed by atoms with E-state index in [-0.39, 0.29) is 17.3 Å². The SMILES string of the molecule is COc1cc(C(=O)Oc2ccc(-c3ccc(F)cc3)nn2)cc(OC)c1OC. The number of methoxy groups -OCH3 is 3. The number of ether oxygens (including phenoxy) is 4. The van der Waals surface area contributed by atoms with Crippen LogP contribution in [-0.2, 0) is 0 Å². The number of hydrogen-bond donors (Lipinski definition) is 0. The summed E-state index contributed by atoms with van der Waals surface area (Å²) in [7, 11) is 4.37. The van der Waals surface area contributed by atoms with E-state index in [1.165, 1.54) is 51.7 Å². The average molecular weight is 384 g/mol. The highest BCUT2D eigenvalue weighted by Gasteiger charge is 2.19. The second kappa shape index (κ2) is 8.34. The van der Waals surface area contributed by atoms with Crippen molar-refractivity contribution in [1.82, 2.24) is 10.2 Å². The molecule has 1 heterocycles. The Kier molecular flexibility index (Phi) is 5.69. The van der Waals surface area contributed by atoms with Gasteiger partial charge in [0.15, 0.2) is 11.5 Å². The van der Waals surface area contributed by atoms with Crippen molar-refractivity contribution >= 4 is 5.97 Å². The first-order valence-corrected chi connectivity index (χ1v) is 8.17. The molecule has 0 aliphatic carbocycles. The van der Waals surface area contributed by atoms with Crippen LogP contribution < -0.4 is 18.9 Å². The van der Waals surface area contributed by atoms with E-state index in [1.807, 2.05) is 0 Å². The van der Waals surface area contributed by atoms with Gasteiger partial charge in [0.1, 0.15) is 5.82 Å². The summed E-state index contributed by atoms with van der Waals surface area (Å²) < 4.78 is 33.9. The van der Waals surface area contributed by atoms with E-state index in [0.717, 1.165) is 0 Å². The number of halogens is 1. The lowest BCUT2D eigenvalue weighted by molar-refractivity contribution is 0.0725. The van der Waals surface area contributed by atoms with Crippen molar-refractivity contribution in [2.75, 3.05) is 21.3 Å². The lowest BCUT2D eigenvalue weighted by atomic mass is 10.1. The average Bonchev–Trinajstić information content (AvgIpc) is 2.73. The number of carbonyl (C=O) groups is 1. The fourth-order valence-corrected chi connectivity index (χ4v) is 2.50. The van der Waals surface area contributed by atoms with E-state index < -0.39 is 5.97 Å². The van der Waals surface area contributed by atoms with Gasteiger partial charge in [0.2, 0.25) is 11.6 Å². The largest absolute Gasteiger partial charge is 0.493 e. The number of nitrogens with zero attached hydrogens (tertiary/aromatic N) is 2. The van der Waals surface area contributed by atoms with Gasteiger partial charge in [-0.1, -0.05) is 0 Å². The first kappa shape index (κ1) is 19.1. The molecule has 0 spiro atoms. The van der Waals surface area contributed by atoms with Crippen molar-refractivity contribution in [2.45, 2.75) is 0 Å². The zero-order valence-electron chi connectivity index (χ0n) is 15.4. The minimum Gasteiger partial charge on any atom is -0.493 e. The lowest BCUT2D eigenvalue weighted by Gasteiger charge is -2.13. The predicted octanol–water partition coefficient (Wildman–Crippen LogP) is 3.53. The summed E-state index contributed by atoms with van der Waals surface area (Å²) in [5, 5.41) is 7.89. The zero-order valence-corrected chi connectivity index (χ0v) is 15.4. The molecule has 0 radical (unpaired) electrons. The van der Waals surface area contributed by atoms with Crippen molar-refractivity contribution in [2.24, 2.45) is 0 Å². The highest BCUT2D eigenvalue weighted by atomic mass is 19.1. The molecule has 3 rings (SSSR count). The Labute approximate surface area is 160 Å². The van der Waals surface area contributed by atoms with Gasteiger partial charge in [-0.2, -0.15) is 0 Å². The highest BCUT2D eigenvalue weighted by molar-refractivity contribution is 5.92. The van der Waals surface area contributed by atoms with Crippen LogP contribution in [0, 0.1) is 5.82 Å². The number of benzene rings is 2. The van der Waals surface area contributed by atoms with E-state index in [0.29, 0.717) is 28.5 Å². The van der Waals surface area contributed by atoms with Crippen LogP contribution in [0.25, 0.3) is 11.3 Å². The van der Waals surface area contributed by atoms with Gasteiger partial charge in [-0.25, -0.2) is 9.18 Å². The smallest absolute Gasteiger partial charge is 0.345 e. The Morgan fingerprint density at radius 2 is 1.50 bits per heavy atom. The third-order valence-electron chi connectivity index (χ3n) is 3.88. The van der Waals surface area contributed by atoms with Crippen molar-refractivity contribution in [3.8, 4) is 34.4 Å². The number of rotatable bonds is 6. The van der Waals surface area contributed by atoms with E-state index >= 15 is 0 Å². The van der Waals surface area contributed by atoms with Crippen LogP contribution in [0.3, 0.4) is 0 Å². The van der Waals surface area contributed by atoms with Gasteiger partial charge in [-0.15, -0.1) is 10.2 Å². The van der Waals surface area contributed by atoms with Crippen molar-refractivity contribution < 1.29 is 28.1 Å². The molecule has 0 fully saturated rings. The quantitative estimate of drug-likeness (QED) is 0.602. The molecule has 3 aromatic rings. The van der Waals surface area contributed by atoms with Gasteiger partial charge in [-0.05, 0) is 42.5 Å². The Bertz CT molecular complexity index is 950.